The molecule has 1 N–H and O–H groups in total. The summed E-state index contributed by atoms with van der Waals surface area (Å²) in [6, 6.07) is 12.2. The minimum Gasteiger partial charge on any atom is -0.454 e. The van der Waals surface area contributed by atoms with Crippen molar-refractivity contribution in [3.63, 3.8) is 0 Å². The Bertz CT molecular complexity index is 659. The van der Waals surface area contributed by atoms with E-state index in [1.807, 2.05) is 38.4 Å². The molecule has 0 saturated carbocycles. The highest BCUT2D eigenvalue weighted by Gasteiger charge is 2.13. The van der Waals surface area contributed by atoms with Gasteiger partial charge in [0.15, 0.2) is 11.5 Å². The van der Waals surface area contributed by atoms with Crippen molar-refractivity contribution in [2.45, 2.75) is 6.54 Å². The quantitative estimate of drug-likeness (QED) is 0.909. The van der Waals surface area contributed by atoms with Crippen LogP contribution in [0.5, 0.6) is 11.5 Å². The van der Waals surface area contributed by atoms with Crippen molar-refractivity contribution in [3.05, 3.63) is 46.4 Å². The van der Waals surface area contributed by atoms with Crippen LogP contribution in [0, 0.1) is 0 Å². The molecule has 0 amide bonds. The lowest BCUT2D eigenvalue weighted by Gasteiger charge is -2.19. The summed E-state index contributed by atoms with van der Waals surface area (Å²) < 4.78 is 11.8. The monoisotopic (exact) mass is 348 g/mol. The fourth-order valence-electron chi connectivity index (χ4n) is 2.29. The van der Waals surface area contributed by atoms with Crippen molar-refractivity contribution >= 4 is 27.3 Å². The van der Waals surface area contributed by atoms with Gasteiger partial charge in [0.1, 0.15) is 0 Å². The third kappa shape index (κ3) is 3.08. The Kier molecular flexibility index (Phi) is 3.92. The Morgan fingerprint density at radius 3 is 2.71 bits per heavy atom. The Morgan fingerprint density at radius 2 is 1.90 bits per heavy atom. The number of rotatable bonds is 4. The molecule has 0 bridgehead atoms. The largest absolute Gasteiger partial charge is 0.454 e. The van der Waals surface area contributed by atoms with E-state index in [-0.39, 0.29) is 0 Å². The molecule has 0 saturated heterocycles. The van der Waals surface area contributed by atoms with E-state index in [2.05, 4.69) is 38.3 Å². The molecule has 1 aliphatic rings. The van der Waals surface area contributed by atoms with Gasteiger partial charge in [0.05, 0.1) is 11.4 Å². The van der Waals surface area contributed by atoms with Gasteiger partial charge in [-0.15, -0.1) is 0 Å². The molecule has 21 heavy (non-hydrogen) atoms. The van der Waals surface area contributed by atoms with Crippen LogP contribution in [0.1, 0.15) is 5.56 Å². The summed E-state index contributed by atoms with van der Waals surface area (Å²) in [7, 11) is 4.07. The van der Waals surface area contributed by atoms with Crippen LogP contribution < -0.4 is 19.7 Å². The molecule has 110 valence electrons. The second-order valence-corrected chi connectivity index (χ2v) is 6.01. The molecule has 2 aromatic carbocycles. The second kappa shape index (κ2) is 5.85. The number of hydrogen-bond donors (Lipinski definition) is 1. The van der Waals surface area contributed by atoms with Crippen LogP contribution in [0.25, 0.3) is 0 Å². The van der Waals surface area contributed by atoms with Gasteiger partial charge in [-0.2, -0.15) is 0 Å². The van der Waals surface area contributed by atoms with Crippen LogP contribution >= 0.6 is 15.9 Å². The van der Waals surface area contributed by atoms with Gasteiger partial charge < -0.3 is 19.7 Å². The van der Waals surface area contributed by atoms with Gasteiger partial charge in [0.25, 0.3) is 0 Å². The van der Waals surface area contributed by atoms with Crippen LogP contribution in [0.4, 0.5) is 11.4 Å². The smallest absolute Gasteiger partial charge is 0.231 e. The molecular formula is C16H17BrN2O2. The van der Waals surface area contributed by atoms with E-state index in [1.165, 1.54) is 0 Å². The van der Waals surface area contributed by atoms with E-state index >= 15 is 0 Å². The molecule has 3 rings (SSSR count). The average molecular weight is 349 g/mol. The minimum absolute atomic E-state index is 0.308. The van der Waals surface area contributed by atoms with Crippen LogP contribution in [0.15, 0.2) is 40.9 Å². The highest BCUT2D eigenvalue weighted by Crippen LogP contribution is 2.33. The number of hydrogen-bond acceptors (Lipinski definition) is 4. The summed E-state index contributed by atoms with van der Waals surface area (Å²) >= 11 is 3.52. The first-order chi connectivity index (χ1) is 10.1. The SMILES string of the molecule is CN(C)c1ccc(Br)cc1NCc1ccc2c(c1)OCO2. The van der Waals surface area contributed by atoms with Crippen molar-refractivity contribution in [3.8, 4) is 11.5 Å². The number of halogens is 1. The number of fused-ring (bicyclic) bond motifs is 1. The van der Waals surface area contributed by atoms with Gasteiger partial charge in [0, 0.05) is 25.1 Å². The van der Waals surface area contributed by atoms with Crippen LogP contribution in [0.2, 0.25) is 0 Å². The molecule has 0 fully saturated rings. The van der Waals surface area contributed by atoms with Gasteiger partial charge in [-0.1, -0.05) is 22.0 Å². The Hall–Kier alpha value is -1.88. The molecule has 0 atom stereocenters. The van der Waals surface area contributed by atoms with Crippen LogP contribution in [-0.2, 0) is 6.54 Å². The van der Waals surface area contributed by atoms with Crippen molar-refractivity contribution < 1.29 is 9.47 Å². The van der Waals surface area contributed by atoms with Crippen molar-refractivity contribution in [1.82, 2.24) is 0 Å². The lowest BCUT2D eigenvalue weighted by atomic mass is 10.2. The van der Waals surface area contributed by atoms with E-state index in [0.29, 0.717) is 6.79 Å². The third-order valence-corrected chi connectivity index (χ3v) is 3.85. The maximum absolute atomic E-state index is 5.41. The van der Waals surface area contributed by atoms with Crippen molar-refractivity contribution in [1.29, 1.82) is 0 Å². The lowest BCUT2D eigenvalue weighted by molar-refractivity contribution is 0.174. The Balaban J connectivity index is 1.77. The van der Waals surface area contributed by atoms with Crippen molar-refractivity contribution in [2.24, 2.45) is 0 Å². The predicted octanol–water partition coefficient (Wildman–Crippen LogP) is 3.86. The van der Waals surface area contributed by atoms with E-state index in [4.69, 9.17) is 9.47 Å². The number of benzene rings is 2. The molecule has 4 nitrogen and oxygen atoms in total. The molecule has 0 aliphatic carbocycles. The van der Waals surface area contributed by atoms with Gasteiger partial charge in [-0.05, 0) is 35.9 Å². The molecule has 1 aliphatic heterocycles. The van der Waals surface area contributed by atoms with Crippen molar-refractivity contribution in [2.75, 3.05) is 31.1 Å². The van der Waals surface area contributed by atoms with Gasteiger partial charge >= 0.3 is 0 Å². The van der Waals surface area contributed by atoms with E-state index in [0.717, 1.165) is 39.5 Å². The molecule has 1 heterocycles. The molecule has 0 radical (unpaired) electrons. The summed E-state index contributed by atoms with van der Waals surface area (Å²) in [6.07, 6.45) is 0. The zero-order valence-corrected chi connectivity index (χ0v) is 13.6. The molecule has 5 heteroatoms. The van der Waals surface area contributed by atoms with E-state index < -0.39 is 0 Å². The summed E-state index contributed by atoms with van der Waals surface area (Å²) in [5.74, 6) is 1.63. The van der Waals surface area contributed by atoms with Gasteiger partial charge in [-0.25, -0.2) is 0 Å². The maximum Gasteiger partial charge on any atom is 0.231 e. The molecule has 0 unspecified atom stereocenters. The number of anilines is 2. The van der Waals surface area contributed by atoms with E-state index in [9.17, 15) is 0 Å². The topological polar surface area (TPSA) is 33.7 Å². The summed E-state index contributed by atoms with van der Waals surface area (Å²) in [6.45, 7) is 1.04. The fraction of sp³-hybridized carbons (Fsp3) is 0.250. The number of nitrogens with one attached hydrogen (secondary N) is 1. The standard InChI is InChI=1S/C16H17BrN2O2/c1-19(2)14-5-4-12(17)8-13(14)18-9-11-3-6-15-16(7-11)21-10-20-15/h3-8,18H,9-10H2,1-2H3. The highest BCUT2D eigenvalue weighted by atomic mass is 79.9. The Labute approximate surface area is 132 Å². The molecule has 0 aromatic heterocycles. The zero-order valence-electron chi connectivity index (χ0n) is 12.0. The molecular weight excluding hydrogens is 332 g/mol. The van der Waals surface area contributed by atoms with Crippen LogP contribution in [0.3, 0.4) is 0 Å². The molecule has 0 spiro atoms. The number of ether oxygens (including phenoxy) is 2. The molecule has 2 aromatic rings. The zero-order chi connectivity index (χ0) is 14.8. The first-order valence-electron chi connectivity index (χ1n) is 6.73. The first-order valence-corrected chi connectivity index (χ1v) is 7.52. The maximum atomic E-state index is 5.41. The second-order valence-electron chi connectivity index (χ2n) is 5.10. The van der Waals surface area contributed by atoms with Gasteiger partial charge in [0.2, 0.25) is 6.79 Å². The lowest BCUT2D eigenvalue weighted by Crippen LogP contribution is -2.12. The van der Waals surface area contributed by atoms with Gasteiger partial charge in [-0.3, -0.25) is 0 Å². The normalized spacial score (nSPS) is 12.3. The summed E-state index contributed by atoms with van der Waals surface area (Å²) in [5.41, 5.74) is 3.40. The highest BCUT2D eigenvalue weighted by molar-refractivity contribution is 9.10. The van der Waals surface area contributed by atoms with E-state index in [1.54, 1.807) is 0 Å². The predicted molar refractivity (Wildman–Crippen MR) is 88.4 cm³/mol. The average Bonchev–Trinajstić information content (AvgIpc) is 2.92. The first kappa shape index (κ1) is 14.1. The minimum atomic E-state index is 0.308. The summed E-state index contributed by atoms with van der Waals surface area (Å²) in [4.78, 5) is 2.09. The fourth-order valence-corrected chi connectivity index (χ4v) is 2.65. The third-order valence-electron chi connectivity index (χ3n) is 3.36. The van der Waals surface area contributed by atoms with Crippen LogP contribution in [-0.4, -0.2) is 20.9 Å². The summed E-state index contributed by atoms with van der Waals surface area (Å²) in [5, 5.41) is 3.47. The Morgan fingerprint density at radius 1 is 1.10 bits per heavy atom. The number of nitrogens with zero attached hydrogens (tertiary/aromatic N) is 1.